The maximum atomic E-state index is 10.2. The molecule has 1 aliphatic rings. The van der Waals surface area contributed by atoms with Crippen LogP contribution >= 0.6 is 0 Å². The van der Waals surface area contributed by atoms with E-state index in [0.717, 1.165) is 32.6 Å². The monoisotopic (exact) mass is 320 g/mol. The first kappa shape index (κ1) is 18.2. The van der Waals surface area contributed by atoms with Crippen molar-refractivity contribution in [3.05, 3.63) is 30.3 Å². The van der Waals surface area contributed by atoms with Gasteiger partial charge in [-0.25, -0.2) is 0 Å². The second-order valence-corrected chi connectivity index (χ2v) is 6.56. The smallest absolute Gasteiger partial charge is 0.0900 e. The lowest BCUT2D eigenvalue weighted by molar-refractivity contribution is -0.0182. The molecule has 0 saturated carbocycles. The summed E-state index contributed by atoms with van der Waals surface area (Å²) >= 11 is 0. The number of hydrogen-bond donors (Lipinski definition) is 1. The second kappa shape index (κ2) is 9.91. The maximum absolute atomic E-state index is 10.2. The van der Waals surface area contributed by atoms with Crippen LogP contribution < -0.4 is 4.90 Å². The summed E-state index contributed by atoms with van der Waals surface area (Å²) in [5.41, 5.74) is 1.29. The van der Waals surface area contributed by atoms with Crippen molar-refractivity contribution in [2.45, 2.75) is 45.3 Å². The number of anilines is 1. The van der Waals surface area contributed by atoms with Crippen molar-refractivity contribution in [1.82, 2.24) is 4.90 Å². The number of aliphatic hydroxyl groups excluding tert-OH is 1. The molecule has 1 aliphatic heterocycles. The van der Waals surface area contributed by atoms with Gasteiger partial charge in [0.1, 0.15) is 0 Å². The zero-order valence-electron chi connectivity index (χ0n) is 14.7. The molecular weight excluding hydrogens is 288 g/mol. The molecule has 130 valence electrons. The van der Waals surface area contributed by atoms with Gasteiger partial charge in [0.2, 0.25) is 0 Å². The third-order valence-electron chi connectivity index (χ3n) is 4.50. The summed E-state index contributed by atoms with van der Waals surface area (Å²) in [5, 5.41) is 10.2. The lowest BCUT2D eigenvalue weighted by Gasteiger charge is -2.37. The van der Waals surface area contributed by atoms with Crippen LogP contribution in [0, 0.1) is 0 Å². The number of β-amino-alcohol motifs (C(OH)–C–C–N with tert-alkyl or cyclic N) is 1. The average molecular weight is 320 g/mol. The summed E-state index contributed by atoms with van der Waals surface area (Å²) in [7, 11) is 0. The minimum Gasteiger partial charge on any atom is -0.389 e. The Morgan fingerprint density at radius 1 is 1.13 bits per heavy atom. The molecule has 0 aliphatic carbocycles. The van der Waals surface area contributed by atoms with Crippen LogP contribution in [-0.2, 0) is 4.74 Å². The highest BCUT2D eigenvalue weighted by molar-refractivity contribution is 5.46. The van der Waals surface area contributed by atoms with Gasteiger partial charge in [-0.3, -0.25) is 4.90 Å². The Morgan fingerprint density at radius 3 is 2.48 bits per heavy atom. The van der Waals surface area contributed by atoms with E-state index >= 15 is 0 Å². The molecule has 23 heavy (non-hydrogen) atoms. The molecule has 4 nitrogen and oxygen atoms in total. The van der Waals surface area contributed by atoms with Crippen LogP contribution in [0.4, 0.5) is 5.69 Å². The first-order valence-electron chi connectivity index (χ1n) is 9.01. The van der Waals surface area contributed by atoms with Gasteiger partial charge in [0.15, 0.2) is 0 Å². The minimum atomic E-state index is -0.387. The molecule has 4 heteroatoms. The molecule has 0 spiro atoms. The first-order chi connectivity index (χ1) is 11.2. The van der Waals surface area contributed by atoms with Gasteiger partial charge in [0.25, 0.3) is 0 Å². The SMILES string of the molecule is CCCCC(C)OCC(O)CN1CCN(c2ccccc2)CC1. The van der Waals surface area contributed by atoms with E-state index in [2.05, 4.69) is 54.0 Å². The third kappa shape index (κ3) is 6.50. The Balaban J connectivity index is 1.64. The number of unbranched alkanes of at least 4 members (excludes halogenated alkanes) is 1. The highest BCUT2D eigenvalue weighted by Crippen LogP contribution is 2.15. The van der Waals surface area contributed by atoms with Crippen LogP contribution in [0.2, 0.25) is 0 Å². The van der Waals surface area contributed by atoms with Gasteiger partial charge < -0.3 is 14.7 Å². The molecule has 1 aromatic rings. The lowest BCUT2D eigenvalue weighted by atomic mass is 10.2. The van der Waals surface area contributed by atoms with E-state index in [1.165, 1.54) is 18.5 Å². The fraction of sp³-hybridized carbons (Fsp3) is 0.684. The molecule has 1 saturated heterocycles. The molecule has 1 fully saturated rings. The van der Waals surface area contributed by atoms with Gasteiger partial charge >= 0.3 is 0 Å². The summed E-state index contributed by atoms with van der Waals surface area (Å²) < 4.78 is 5.75. The van der Waals surface area contributed by atoms with Gasteiger partial charge in [0, 0.05) is 38.4 Å². The lowest BCUT2D eigenvalue weighted by Crippen LogP contribution is -2.49. The Kier molecular flexibility index (Phi) is 7.86. The van der Waals surface area contributed by atoms with Crippen LogP contribution in [0.3, 0.4) is 0 Å². The highest BCUT2D eigenvalue weighted by Gasteiger charge is 2.19. The average Bonchev–Trinajstić information content (AvgIpc) is 2.59. The fourth-order valence-electron chi connectivity index (χ4n) is 3.03. The normalized spacial score (nSPS) is 18.8. The summed E-state index contributed by atoms with van der Waals surface area (Å²) in [6, 6.07) is 10.6. The van der Waals surface area contributed by atoms with Gasteiger partial charge in [-0.05, 0) is 25.5 Å². The zero-order valence-corrected chi connectivity index (χ0v) is 14.7. The van der Waals surface area contributed by atoms with E-state index in [0.29, 0.717) is 13.2 Å². The van der Waals surface area contributed by atoms with Crippen molar-refractivity contribution >= 4 is 5.69 Å². The molecule has 2 rings (SSSR count). The molecule has 1 heterocycles. The largest absolute Gasteiger partial charge is 0.389 e. The van der Waals surface area contributed by atoms with Crippen molar-refractivity contribution < 1.29 is 9.84 Å². The number of benzene rings is 1. The Labute approximate surface area is 141 Å². The van der Waals surface area contributed by atoms with E-state index in [1.807, 2.05) is 0 Å². The molecule has 1 aromatic carbocycles. The number of nitrogens with zero attached hydrogens (tertiary/aromatic N) is 2. The van der Waals surface area contributed by atoms with E-state index in [9.17, 15) is 5.11 Å². The summed E-state index contributed by atoms with van der Waals surface area (Å²) in [4.78, 5) is 4.75. The number of aliphatic hydroxyl groups is 1. The Morgan fingerprint density at radius 2 is 1.83 bits per heavy atom. The fourth-order valence-corrected chi connectivity index (χ4v) is 3.03. The van der Waals surface area contributed by atoms with Crippen molar-refractivity contribution in [2.75, 3.05) is 44.2 Å². The highest BCUT2D eigenvalue weighted by atomic mass is 16.5. The van der Waals surface area contributed by atoms with Crippen LogP contribution in [0.1, 0.15) is 33.1 Å². The van der Waals surface area contributed by atoms with E-state index in [1.54, 1.807) is 0 Å². The van der Waals surface area contributed by atoms with Crippen molar-refractivity contribution in [1.29, 1.82) is 0 Å². The Bertz CT molecular complexity index is 419. The van der Waals surface area contributed by atoms with Crippen LogP contribution in [0.15, 0.2) is 30.3 Å². The predicted octanol–water partition coefficient (Wildman–Crippen LogP) is 2.76. The number of hydrogen-bond acceptors (Lipinski definition) is 4. The van der Waals surface area contributed by atoms with Crippen molar-refractivity contribution in [3.63, 3.8) is 0 Å². The predicted molar refractivity (Wildman–Crippen MR) is 96.0 cm³/mol. The molecule has 2 unspecified atom stereocenters. The summed E-state index contributed by atoms with van der Waals surface area (Å²) in [6.07, 6.45) is 3.33. The van der Waals surface area contributed by atoms with Crippen LogP contribution in [-0.4, -0.2) is 61.5 Å². The third-order valence-corrected chi connectivity index (χ3v) is 4.50. The van der Waals surface area contributed by atoms with E-state index in [4.69, 9.17) is 4.74 Å². The molecule has 0 bridgehead atoms. The second-order valence-electron chi connectivity index (χ2n) is 6.56. The summed E-state index contributed by atoms with van der Waals surface area (Å²) in [6.45, 7) is 9.48. The molecule has 0 amide bonds. The standard InChI is InChI=1S/C19H32N2O2/c1-3-4-8-17(2)23-16-19(22)15-20-11-13-21(14-12-20)18-9-6-5-7-10-18/h5-7,9-10,17,19,22H,3-4,8,11-16H2,1-2H3. The Hall–Kier alpha value is -1.10. The summed E-state index contributed by atoms with van der Waals surface area (Å²) in [5.74, 6) is 0. The maximum Gasteiger partial charge on any atom is 0.0900 e. The quantitative estimate of drug-likeness (QED) is 0.759. The molecular formula is C19H32N2O2. The van der Waals surface area contributed by atoms with Crippen molar-refractivity contribution in [3.8, 4) is 0 Å². The van der Waals surface area contributed by atoms with Gasteiger partial charge in [-0.15, -0.1) is 0 Å². The van der Waals surface area contributed by atoms with Gasteiger partial charge in [0.05, 0.1) is 18.8 Å². The van der Waals surface area contributed by atoms with Crippen LogP contribution in [0.25, 0.3) is 0 Å². The van der Waals surface area contributed by atoms with Gasteiger partial charge in [-0.2, -0.15) is 0 Å². The molecule has 1 N–H and O–H groups in total. The first-order valence-corrected chi connectivity index (χ1v) is 9.01. The topological polar surface area (TPSA) is 35.9 Å². The number of piperazine rings is 1. The number of para-hydroxylation sites is 1. The van der Waals surface area contributed by atoms with E-state index < -0.39 is 0 Å². The molecule has 2 atom stereocenters. The zero-order chi connectivity index (χ0) is 16.5. The number of ether oxygens (including phenoxy) is 1. The molecule has 0 radical (unpaired) electrons. The minimum absolute atomic E-state index is 0.250. The van der Waals surface area contributed by atoms with Crippen molar-refractivity contribution in [2.24, 2.45) is 0 Å². The van der Waals surface area contributed by atoms with Crippen LogP contribution in [0.5, 0.6) is 0 Å². The molecule has 0 aromatic heterocycles. The van der Waals surface area contributed by atoms with Gasteiger partial charge in [-0.1, -0.05) is 38.0 Å². The number of rotatable bonds is 9. The van der Waals surface area contributed by atoms with E-state index in [-0.39, 0.29) is 12.2 Å².